The smallest absolute Gasteiger partial charge is 0.224 e. The fraction of sp³-hybridized carbons (Fsp3) is 0.900. The zero-order chi connectivity index (χ0) is 10.8. The Labute approximate surface area is 86.4 Å². The number of hydrogen-bond acceptors (Lipinski definition) is 3. The Kier molecular flexibility index (Phi) is 8.57. The number of hydrogen-bond donors (Lipinski definition) is 2. The lowest BCUT2D eigenvalue weighted by Gasteiger charge is -2.11. The normalized spacial score (nSPS) is 12.5. The summed E-state index contributed by atoms with van der Waals surface area (Å²) in [5.41, 5.74) is 0. The molecule has 0 aliphatic heterocycles. The number of nitrogens with one attached hydrogen (secondary N) is 2. The van der Waals surface area contributed by atoms with Crippen molar-refractivity contribution in [3.05, 3.63) is 0 Å². The topological polar surface area (TPSA) is 50.4 Å². The molecule has 2 N–H and O–H groups in total. The van der Waals surface area contributed by atoms with Crippen LogP contribution >= 0.6 is 0 Å². The van der Waals surface area contributed by atoms with E-state index in [-0.39, 0.29) is 11.8 Å². The number of methoxy groups -OCH3 is 1. The monoisotopic (exact) mass is 202 g/mol. The van der Waals surface area contributed by atoms with Gasteiger partial charge in [0.1, 0.15) is 0 Å². The van der Waals surface area contributed by atoms with Crippen molar-refractivity contribution < 1.29 is 9.53 Å². The third-order valence-corrected chi connectivity index (χ3v) is 2.03. The predicted molar refractivity (Wildman–Crippen MR) is 57.2 cm³/mol. The fourth-order valence-electron chi connectivity index (χ4n) is 1.16. The van der Waals surface area contributed by atoms with Gasteiger partial charge in [-0.1, -0.05) is 6.92 Å². The summed E-state index contributed by atoms with van der Waals surface area (Å²) in [7, 11) is 3.54. The Morgan fingerprint density at radius 2 is 2.14 bits per heavy atom. The highest BCUT2D eigenvalue weighted by atomic mass is 16.5. The van der Waals surface area contributed by atoms with E-state index in [9.17, 15) is 4.79 Å². The maximum Gasteiger partial charge on any atom is 0.224 e. The van der Waals surface area contributed by atoms with E-state index in [1.165, 1.54) is 0 Å². The van der Waals surface area contributed by atoms with Crippen LogP contribution in [0.1, 0.15) is 19.8 Å². The highest BCUT2D eigenvalue weighted by molar-refractivity contribution is 5.78. The average molecular weight is 202 g/mol. The lowest BCUT2D eigenvalue weighted by atomic mass is 10.1. The van der Waals surface area contributed by atoms with Gasteiger partial charge >= 0.3 is 0 Å². The molecule has 0 fully saturated rings. The van der Waals surface area contributed by atoms with Crippen molar-refractivity contribution in [1.82, 2.24) is 10.6 Å². The Bertz CT molecular complexity index is 151. The van der Waals surface area contributed by atoms with Gasteiger partial charge in [-0.15, -0.1) is 0 Å². The van der Waals surface area contributed by atoms with Crippen molar-refractivity contribution in [2.75, 3.05) is 33.9 Å². The molecule has 0 aliphatic rings. The van der Waals surface area contributed by atoms with Gasteiger partial charge in [0.25, 0.3) is 0 Å². The molecular formula is C10H22N2O2. The SMILES string of the molecule is CNCC(C)C(=O)NCCCCOC. The van der Waals surface area contributed by atoms with Crippen molar-refractivity contribution >= 4 is 5.91 Å². The first kappa shape index (κ1) is 13.4. The molecular weight excluding hydrogens is 180 g/mol. The minimum Gasteiger partial charge on any atom is -0.385 e. The predicted octanol–water partition coefficient (Wildman–Crippen LogP) is 0.385. The lowest BCUT2D eigenvalue weighted by molar-refractivity contribution is -0.124. The second-order valence-corrected chi connectivity index (χ2v) is 3.45. The van der Waals surface area contributed by atoms with Gasteiger partial charge in [0, 0.05) is 32.7 Å². The van der Waals surface area contributed by atoms with Crippen LogP contribution in [0.4, 0.5) is 0 Å². The van der Waals surface area contributed by atoms with Crippen LogP contribution in [0.2, 0.25) is 0 Å². The van der Waals surface area contributed by atoms with Gasteiger partial charge in [-0.2, -0.15) is 0 Å². The zero-order valence-electron chi connectivity index (χ0n) is 9.43. The van der Waals surface area contributed by atoms with Crippen LogP contribution in [-0.2, 0) is 9.53 Å². The number of rotatable bonds is 8. The second-order valence-electron chi connectivity index (χ2n) is 3.45. The molecule has 0 saturated carbocycles. The van der Waals surface area contributed by atoms with Crippen molar-refractivity contribution in [3.63, 3.8) is 0 Å². The molecule has 14 heavy (non-hydrogen) atoms. The average Bonchev–Trinajstić information content (AvgIpc) is 2.17. The molecule has 0 rings (SSSR count). The first-order valence-corrected chi connectivity index (χ1v) is 5.13. The van der Waals surface area contributed by atoms with Crippen molar-refractivity contribution in [3.8, 4) is 0 Å². The van der Waals surface area contributed by atoms with Crippen molar-refractivity contribution in [1.29, 1.82) is 0 Å². The van der Waals surface area contributed by atoms with Gasteiger partial charge in [-0.3, -0.25) is 4.79 Å². The molecule has 0 bridgehead atoms. The Balaban J connectivity index is 3.34. The molecule has 0 aliphatic carbocycles. The van der Waals surface area contributed by atoms with Gasteiger partial charge in [0.15, 0.2) is 0 Å². The van der Waals surface area contributed by atoms with Crippen LogP contribution in [0.25, 0.3) is 0 Å². The summed E-state index contributed by atoms with van der Waals surface area (Å²) in [4.78, 5) is 11.4. The molecule has 0 aromatic heterocycles. The Morgan fingerprint density at radius 3 is 2.71 bits per heavy atom. The molecule has 0 spiro atoms. The standard InChI is InChI=1S/C10H22N2O2/c1-9(8-11-2)10(13)12-6-4-5-7-14-3/h9,11H,4-8H2,1-3H3,(H,12,13). The van der Waals surface area contributed by atoms with Crippen LogP contribution < -0.4 is 10.6 Å². The molecule has 0 aromatic rings. The van der Waals surface area contributed by atoms with Crippen LogP contribution in [0.3, 0.4) is 0 Å². The van der Waals surface area contributed by atoms with E-state index in [2.05, 4.69) is 10.6 Å². The zero-order valence-corrected chi connectivity index (χ0v) is 9.43. The van der Waals surface area contributed by atoms with E-state index in [4.69, 9.17) is 4.74 Å². The summed E-state index contributed by atoms with van der Waals surface area (Å²) in [5, 5.41) is 5.87. The van der Waals surface area contributed by atoms with Gasteiger partial charge in [-0.25, -0.2) is 0 Å². The van der Waals surface area contributed by atoms with Crippen LogP contribution in [0.15, 0.2) is 0 Å². The number of amides is 1. The summed E-state index contributed by atoms with van der Waals surface area (Å²) >= 11 is 0. The van der Waals surface area contributed by atoms with Gasteiger partial charge in [0.05, 0.1) is 0 Å². The molecule has 0 aromatic carbocycles. The van der Waals surface area contributed by atoms with E-state index in [1.807, 2.05) is 14.0 Å². The summed E-state index contributed by atoms with van der Waals surface area (Å²) in [6.07, 6.45) is 1.98. The second kappa shape index (κ2) is 8.97. The molecule has 84 valence electrons. The minimum atomic E-state index is 0.0439. The third-order valence-electron chi connectivity index (χ3n) is 2.03. The van der Waals surface area contributed by atoms with Gasteiger partial charge in [0.2, 0.25) is 5.91 Å². The van der Waals surface area contributed by atoms with E-state index in [0.717, 1.165) is 32.5 Å². The Hall–Kier alpha value is -0.610. The van der Waals surface area contributed by atoms with Crippen LogP contribution in [0.5, 0.6) is 0 Å². The van der Waals surface area contributed by atoms with E-state index >= 15 is 0 Å². The quantitative estimate of drug-likeness (QED) is 0.560. The molecule has 1 unspecified atom stereocenters. The number of unbranched alkanes of at least 4 members (excludes halogenated alkanes) is 1. The fourth-order valence-corrected chi connectivity index (χ4v) is 1.16. The summed E-state index contributed by atoms with van der Waals surface area (Å²) in [6, 6.07) is 0. The van der Waals surface area contributed by atoms with E-state index in [1.54, 1.807) is 7.11 Å². The van der Waals surface area contributed by atoms with E-state index < -0.39 is 0 Å². The van der Waals surface area contributed by atoms with Crippen LogP contribution in [-0.4, -0.2) is 39.8 Å². The third kappa shape index (κ3) is 6.86. The van der Waals surface area contributed by atoms with Crippen LogP contribution in [0, 0.1) is 5.92 Å². The van der Waals surface area contributed by atoms with Gasteiger partial charge < -0.3 is 15.4 Å². The Morgan fingerprint density at radius 1 is 1.43 bits per heavy atom. The molecule has 0 saturated heterocycles. The number of ether oxygens (including phenoxy) is 1. The molecule has 1 atom stereocenters. The highest BCUT2D eigenvalue weighted by Gasteiger charge is 2.09. The molecule has 4 heteroatoms. The molecule has 0 radical (unpaired) electrons. The number of carbonyl (C=O) groups is 1. The lowest BCUT2D eigenvalue weighted by Crippen LogP contribution is -2.34. The van der Waals surface area contributed by atoms with Crippen molar-refractivity contribution in [2.24, 2.45) is 5.92 Å². The summed E-state index contributed by atoms with van der Waals surface area (Å²) < 4.78 is 4.91. The molecule has 1 amide bonds. The first-order chi connectivity index (χ1) is 6.72. The summed E-state index contributed by atoms with van der Waals surface area (Å²) in [5.74, 6) is 0.166. The molecule has 4 nitrogen and oxygen atoms in total. The largest absolute Gasteiger partial charge is 0.385 e. The number of carbonyl (C=O) groups excluding carboxylic acids is 1. The molecule has 0 heterocycles. The van der Waals surface area contributed by atoms with Crippen molar-refractivity contribution in [2.45, 2.75) is 19.8 Å². The maximum atomic E-state index is 11.4. The van der Waals surface area contributed by atoms with E-state index in [0.29, 0.717) is 0 Å². The minimum absolute atomic E-state index is 0.0439. The first-order valence-electron chi connectivity index (χ1n) is 5.13. The highest BCUT2D eigenvalue weighted by Crippen LogP contribution is 1.93. The maximum absolute atomic E-state index is 11.4. The summed E-state index contributed by atoms with van der Waals surface area (Å²) in [6.45, 7) is 4.16. The van der Waals surface area contributed by atoms with Gasteiger partial charge in [-0.05, 0) is 19.9 Å².